The Kier molecular flexibility index (Phi) is 3.33. The van der Waals surface area contributed by atoms with Crippen LogP contribution in [0.5, 0.6) is 5.75 Å². The summed E-state index contributed by atoms with van der Waals surface area (Å²) in [5.41, 5.74) is 5.39. The standard InChI is InChI=1S/C15H13N3O2/c19-15-10-20-14-7-6-11(8-13(14)17-15)9-16-18-12-4-2-1-3-5-12/h1-9,18H,10H2,(H,17,19). The van der Waals surface area contributed by atoms with Crippen LogP contribution in [-0.4, -0.2) is 18.7 Å². The molecule has 1 amide bonds. The molecule has 5 heteroatoms. The van der Waals surface area contributed by atoms with Gasteiger partial charge in [0, 0.05) is 0 Å². The van der Waals surface area contributed by atoms with E-state index >= 15 is 0 Å². The van der Waals surface area contributed by atoms with Crippen molar-refractivity contribution in [2.45, 2.75) is 0 Å². The normalized spacial score (nSPS) is 13.5. The number of benzene rings is 2. The van der Waals surface area contributed by atoms with Gasteiger partial charge in [-0.2, -0.15) is 5.10 Å². The van der Waals surface area contributed by atoms with Crippen molar-refractivity contribution in [1.29, 1.82) is 0 Å². The lowest BCUT2D eigenvalue weighted by atomic mass is 10.2. The monoisotopic (exact) mass is 267 g/mol. The van der Waals surface area contributed by atoms with Crippen LogP contribution >= 0.6 is 0 Å². The van der Waals surface area contributed by atoms with Gasteiger partial charge in [0.05, 0.1) is 17.6 Å². The van der Waals surface area contributed by atoms with Crippen molar-refractivity contribution in [2.24, 2.45) is 5.10 Å². The Morgan fingerprint density at radius 3 is 2.90 bits per heavy atom. The van der Waals surface area contributed by atoms with Crippen LogP contribution in [0.1, 0.15) is 5.56 Å². The van der Waals surface area contributed by atoms with Crippen LogP contribution in [0.4, 0.5) is 11.4 Å². The number of ether oxygens (including phenoxy) is 1. The number of fused-ring (bicyclic) bond motifs is 1. The van der Waals surface area contributed by atoms with Crippen LogP contribution in [-0.2, 0) is 4.79 Å². The molecule has 1 heterocycles. The molecule has 1 aliphatic heterocycles. The second-order valence-corrected chi connectivity index (χ2v) is 4.33. The lowest BCUT2D eigenvalue weighted by Gasteiger charge is -2.17. The van der Waals surface area contributed by atoms with Gasteiger partial charge in [-0.05, 0) is 35.9 Å². The van der Waals surface area contributed by atoms with Gasteiger partial charge in [0.25, 0.3) is 5.91 Å². The molecule has 20 heavy (non-hydrogen) atoms. The fourth-order valence-electron chi connectivity index (χ4n) is 1.88. The molecule has 0 radical (unpaired) electrons. The van der Waals surface area contributed by atoms with E-state index < -0.39 is 0 Å². The molecule has 1 aliphatic rings. The average Bonchev–Trinajstić information content (AvgIpc) is 2.48. The number of carbonyl (C=O) groups is 1. The van der Waals surface area contributed by atoms with E-state index in [1.165, 1.54) is 0 Å². The van der Waals surface area contributed by atoms with E-state index in [0.717, 1.165) is 11.3 Å². The summed E-state index contributed by atoms with van der Waals surface area (Å²) >= 11 is 0. The van der Waals surface area contributed by atoms with Crippen LogP contribution in [0.15, 0.2) is 53.6 Å². The maximum absolute atomic E-state index is 11.3. The Labute approximate surface area is 116 Å². The largest absolute Gasteiger partial charge is 0.482 e. The minimum absolute atomic E-state index is 0.0655. The van der Waals surface area contributed by atoms with Crippen LogP contribution in [0.2, 0.25) is 0 Å². The molecule has 0 saturated heterocycles. The van der Waals surface area contributed by atoms with E-state index in [9.17, 15) is 4.79 Å². The number of hydrogen-bond acceptors (Lipinski definition) is 4. The lowest BCUT2D eigenvalue weighted by Crippen LogP contribution is -2.25. The third-order valence-corrected chi connectivity index (χ3v) is 2.82. The SMILES string of the molecule is O=C1COc2ccc(C=NNc3ccccc3)cc2N1. The molecule has 0 fully saturated rings. The summed E-state index contributed by atoms with van der Waals surface area (Å²) < 4.78 is 5.29. The molecule has 5 nitrogen and oxygen atoms in total. The van der Waals surface area contributed by atoms with Crippen molar-refractivity contribution >= 4 is 23.5 Å². The number of nitrogens with one attached hydrogen (secondary N) is 2. The molecule has 0 bridgehead atoms. The predicted molar refractivity (Wildman–Crippen MR) is 78.2 cm³/mol. The molecule has 2 aromatic rings. The summed E-state index contributed by atoms with van der Waals surface area (Å²) in [6.07, 6.45) is 1.69. The Bertz CT molecular complexity index is 653. The first-order chi connectivity index (χ1) is 9.81. The summed E-state index contributed by atoms with van der Waals surface area (Å²) in [7, 11) is 0. The molecule has 0 saturated carbocycles. The lowest BCUT2D eigenvalue weighted by molar-refractivity contribution is -0.118. The van der Waals surface area contributed by atoms with E-state index in [1.807, 2.05) is 48.5 Å². The van der Waals surface area contributed by atoms with Crippen molar-refractivity contribution in [1.82, 2.24) is 0 Å². The van der Waals surface area contributed by atoms with E-state index in [4.69, 9.17) is 4.74 Å². The molecule has 0 atom stereocenters. The van der Waals surface area contributed by atoms with Crippen LogP contribution in [0, 0.1) is 0 Å². The molecule has 0 aliphatic carbocycles. The zero-order valence-electron chi connectivity index (χ0n) is 10.7. The molecular formula is C15H13N3O2. The first-order valence-corrected chi connectivity index (χ1v) is 6.22. The topological polar surface area (TPSA) is 62.7 Å². The van der Waals surface area contributed by atoms with Crippen LogP contribution < -0.4 is 15.5 Å². The molecule has 0 spiro atoms. The summed E-state index contributed by atoms with van der Waals surface area (Å²) in [6, 6.07) is 15.2. The first kappa shape index (κ1) is 12.2. The van der Waals surface area contributed by atoms with Crippen molar-refractivity contribution < 1.29 is 9.53 Å². The maximum Gasteiger partial charge on any atom is 0.262 e. The molecule has 100 valence electrons. The van der Waals surface area contributed by atoms with Gasteiger partial charge in [0.2, 0.25) is 0 Å². The highest BCUT2D eigenvalue weighted by atomic mass is 16.5. The average molecular weight is 267 g/mol. The van der Waals surface area contributed by atoms with E-state index in [1.54, 1.807) is 6.21 Å². The number of rotatable bonds is 3. The highest BCUT2D eigenvalue weighted by Gasteiger charge is 2.15. The van der Waals surface area contributed by atoms with Gasteiger partial charge in [-0.3, -0.25) is 10.2 Å². The highest BCUT2D eigenvalue weighted by Crippen LogP contribution is 2.27. The molecule has 0 aromatic heterocycles. The summed E-state index contributed by atoms with van der Waals surface area (Å²) in [5, 5.41) is 6.91. The molecular weight excluding hydrogens is 254 g/mol. The number of anilines is 2. The van der Waals surface area contributed by atoms with Gasteiger partial charge in [-0.25, -0.2) is 0 Å². The second kappa shape index (κ2) is 5.44. The number of hydrazone groups is 1. The summed E-state index contributed by atoms with van der Waals surface area (Å²) in [4.78, 5) is 11.3. The fraction of sp³-hybridized carbons (Fsp3) is 0.0667. The molecule has 2 aromatic carbocycles. The van der Waals surface area contributed by atoms with E-state index in [-0.39, 0.29) is 12.5 Å². The van der Waals surface area contributed by atoms with Crippen LogP contribution in [0.25, 0.3) is 0 Å². The van der Waals surface area contributed by atoms with Crippen molar-refractivity contribution in [3.8, 4) is 5.75 Å². The number of nitrogens with zero attached hydrogens (tertiary/aromatic N) is 1. The predicted octanol–water partition coefficient (Wildman–Crippen LogP) is 2.46. The zero-order valence-corrected chi connectivity index (χ0v) is 10.7. The van der Waals surface area contributed by atoms with Gasteiger partial charge in [-0.15, -0.1) is 0 Å². The second-order valence-electron chi connectivity index (χ2n) is 4.33. The third kappa shape index (κ3) is 2.77. The summed E-state index contributed by atoms with van der Waals surface area (Å²) in [6.45, 7) is 0.0655. The van der Waals surface area contributed by atoms with Gasteiger partial charge in [0.1, 0.15) is 5.75 Å². The number of para-hydroxylation sites is 1. The molecule has 0 unspecified atom stereocenters. The van der Waals surface area contributed by atoms with Crippen LogP contribution in [0.3, 0.4) is 0 Å². The zero-order chi connectivity index (χ0) is 13.8. The minimum atomic E-state index is -0.144. The highest BCUT2D eigenvalue weighted by molar-refractivity contribution is 5.96. The van der Waals surface area contributed by atoms with Crippen molar-refractivity contribution in [2.75, 3.05) is 17.3 Å². The molecule has 3 rings (SSSR count). The Balaban J connectivity index is 1.72. The summed E-state index contributed by atoms with van der Waals surface area (Å²) in [5.74, 6) is 0.534. The molecule has 2 N–H and O–H groups in total. The quantitative estimate of drug-likeness (QED) is 0.663. The Morgan fingerprint density at radius 2 is 2.05 bits per heavy atom. The Hall–Kier alpha value is -2.82. The Morgan fingerprint density at radius 1 is 1.20 bits per heavy atom. The number of hydrogen-bond donors (Lipinski definition) is 2. The van der Waals surface area contributed by atoms with Gasteiger partial charge in [0.15, 0.2) is 6.61 Å². The maximum atomic E-state index is 11.3. The number of carbonyl (C=O) groups excluding carboxylic acids is 1. The van der Waals surface area contributed by atoms with Gasteiger partial charge < -0.3 is 10.1 Å². The number of amides is 1. The van der Waals surface area contributed by atoms with Gasteiger partial charge in [-0.1, -0.05) is 18.2 Å². The minimum Gasteiger partial charge on any atom is -0.482 e. The van der Waals surface area contributed by atoms with Crippen molar-refractivity contribution in [3.05, 3.63) is 54.1 Å². The first-order valence-electron chi connectivity index (χ1n) is 6.22. The fourth-order valence-corrected chi connectivity index (χ4v) is 1.88. The van der Waals surface area contributed by atoms with Crippen molar-refractivity contribution in [3.63, 3.8) is 0 Å². The van der Waals surface area contributed by atoms with E-state index in [2.05, 4.69) is 15.8 Å². The third-order valence-electron chi connectivity index (χ3n) is 2.82. The van der Waals surface area contributed by atoms with E-state index in [0.29, 0.717) is 11.4 Å². The smallest absolute Gasteiger partial charge is 0.262 e. The van der Waals surface area contributed by atoms with Gasteiger partial charge >= 0.3 is 0 Å².